The van der Waals surface area contributed by atoms with Gasteiger partial charge in [-0.2, -0.15) is 0 Å². The predicted octanol–water partition coefficient (Wildman–Crippen LogP) is 2.96. The third-order valence-corrected chi connectivity index (χ3v) is 5.40. The van der Waals surface area contributed by atoms with E-state index in [0.717, 1.165) is 22.1 Å². The second-order valence-corrected chi connectivity index (χ2v) is 7.50. The van der Waals surface area contributed by atoms with E-state index in [4.69, 9.17) is 10.7 Å². The third-order valence-electron chi connectivity index (χ3n) is 3.44. The zero-order chi connectivity index (χ0) is 14.1. The normalized spacial score (nSPS) is 16.4. The quantitative estimate of drug-likeness (QED) is 0.940. The van der Waals surface area contributed by atoms with Crippen molar-refractivity contribution in [1.29, 1.82) is 0 Å². The molecule has 0 amide bonds. The van der Waals surface area contributed by atoms with E-state index >= 15 is 0 Å². The summed E-state index contributed by atoms with van der Waals surface area (Å²) in [5.41, 5.74) is 6.83. The molecule has 2 aromatic heterocycles. The molecule has 1 fully saturated rings. The highest BCUT2D eigenvalue weighted by Gasteiger charge is 2.21. The summed E-state index contributed by atoms with van der Waals surface area (Å²) >= 11 is 3.18. The highest BCUT2D eigenvalue weighted by molar-refractivity contribution is 7.23. The number of anilines is 1. The molecule has 1 saturated heterocycles. The van der Waals surface area contributed by atoms with Crippen molar-refractivity contribution in [3.8, 4) is 9.88 Å². The maximum atomic E-state index is 5.70. The van der Waals surface area contributed by atoms with Gasteiger partial charge >= 0.3 is 0 Å². The fraction of sp³-hybridized carbons (Fsp3) is 0.615. The molecule has 0 spiro atoms. The molecule has 1 aliphatic rings. The van der Waals surface area contributed by atoms with Gasteiger partial charge in [-0.25, -0.2) is 4.98 Å². The molecule has 3 rings (SSSR count). The summed E-state index contributed by atoms with van der Waals surface area (Å²) in [6, 6.07) is 0. The van der Waals surface area contributed by atoms with Gasteiger partial charge in [0.15, 0.2) is 5.01 Å². The SMILES string of the molecule is CC(C)c1nc(CN2CCCC2)sc1-c1nnc(N)s1. The molecule has 0 saturated carbocycles. The van der Waals surface area contributed by atoms with Crippen LogP contribution in [0, 0.1) is 0 Å². The number of nitrogens with two attached hydrogens (primary N) is 1. The van der Waals surface area contributed by atoms with Crippen LogP contribution in [0.2, 0.25) is 0 Å². The first-order valence-electron chi connectivity index (χ1n) is 6.95. The summed E-state index contributed by atoms with van der Waals surface area (Å²) < 4.78 is 0. The van der Waals surface area contributed by atoms with E-state index in [1.54, 1.807) is 11.3 Å². The molecule has 108 valence electrons. The Balaban J connectivity index is 1.89. The van der Waals surface area contributed by atoms with E-state index in [0.29, 0.717) is 11.0 Å². The minimum atomic E-state index is 0.388. The molecule has 0 aliphatic carbocycles. The van der Waals surface area contributed by atoms with E-state index in [1.807, 2.05) is 0 Å². The number of hydrogen-bond acceptors (Lipinski definition) is 7. The van der Waals surface area contributed by atoms with Crippen LogP contribution < -0.4 is 5.73 Å². The second kappa shape index (κ2) is 5.75. The van der Waals surface area contributed by atoms with Gasteiger partial charge < -0.3 is 5.73 Å². The van der Waals surface area contributed by atoms with Gasteiger partial charge in [0.2, 0.25) is 5.13 Å². The van der Waals surface area contributed by atoms with Gasteiger partial charge in [0.25, 0.3) is 0 Å². The molecule has 3 heterocycles. The van der Waals surface area contributed by atoms with Crippen LogP contribution in [0.5, 0.6) is 0 Å². The van der Waals surface area contributed by atoms with Gasteiger partial charge in [-0.05, 0) is 31.8 Å². The minimum Gasteiger partial charge on any atom is -0.374 e. The van der Waals surface area contributed by atoms with Gasteiger partial charge in [0.1, 0.15) is 5.01 Å². The third kappa shape index (κ3) is 2.84. The summed E-state index contributed by atoms with van der Waals surface area (Å²) in [6.45, 7) is 7.68. The van der Waals surface area contributed by atoms with Gasteiger partial charge in [-0.3, -0.25) is 4.90 Å². The summed E-state index contributed by atoms with van der Waals surface area (Å²) in [4.78, 5) is 8.45. The van der Waals surface area contributed by atoms with Crippen molar-refractivity contribution in [2.75, 3.05) is 18.8 Å². The Bertz CT molecular complexity index is 583. The zero-order valence-corrected chi connectivity index (χ0v) is 13.4. The summed E-state index contributed by atoms with van der Waals surface area (Å²) in [5.74, 6) is 0.388. The molecule has 5 nitrogen and oxygen atoms in total. The molecule has 0 aromatic carbocycles. The van der Waals surface area contributed by atoms with Crippen LogP contribution in [0.15, 0.2) is 0 Å². The molecule has 20 heavy (non-hydrogen) atoms. The number of nitrogen functional groups attached to an aromatic ring is 1. The first-order chi connectivity index (χ1) is 9.63. The highest BCUT2D eigenvalue weighted by Crippen LogP contribution is 2.37. The first-order valence-corrected chi connectivity index (χ1v) is 8.58. The topological polar surface area (TPSA) is 67.9 Å². The Morgan fingerprint density at radius 1 is 1.20 bits per heavy atom. The first kappa shape index (κ1) is 13.9. The minimum absolute atomic E-state index is 0.388. The molecule has 0 unspecified atom stereocenters. The van der Waals surface area contributed by atoms with E-state index in [2.05, 4.69) is 28.9 Å². The lowest BCUT2D eigenvalue weighted by Gasteiger charge is -2.11. The standard InChI is InChI=1S/C13H19N5S2/c1-8(2)10-11(12-16-17-13(14)20-12)19-9(15-10)7-18-5-3-4-6-18/h8H,3-7H2,1-2H3,(H2,14,17). The lowest BCUT2D eigenvalue weighted by atomic mass is 10.1. The lowest BCUT2D eigenvalue weighted by molar-refractivity contribution is 0.330. The Labute approximate surface area is 126 Å². The fourth-order valence-electron chi connectivity index (χ4n) is 2.45. The van der Waals surface area contributed by atoms with Crippen LogP contribution in [0.1, 0.15) is 43.3 Å². The summed E-state index contributed by atoms with van der Waals surface area (Å²) in [6.07, 6.45) is 2.62. The second-order valence-electron chi connectivity index (χ2n) is 5.41. The molecule has 0 bridgehead atoms. The summed E-state index contributed by atoms with van der Waals surface area (Å²) in [7, 11) is 0. The van der Waals surface area contributed by atoms with E-state index < -0.39 is 0 Å². The van der Waals surface area contributed by atoms with Crippen molar-refractivity contribution >= 4 is 27.8 Å². The summed E-state index contributed by atoms with van der Waals surface area (Å²) in [5, 5.41) is 10.7. The number of hydrogen-bond donors (Lipinski definition) is 1. The lowest BCUT2D eigenvalue weighted by Crippen LogP contribution is -2.18. The monoisotopic (exact) mass is 309 g/mol. The number of aromatic nitrogens is 3. The van der Waals surface area contributed by atoms with Crippen molar-refractivity contribution in [3.63, 3.8) is 0 Å². The number of thiazole rings is 1. The smallest absolute Gasteiger partial charge is 0.203 e. The maximum Gasteiger partial charge on any atom is 0.203 e. The van der Waals surface area contributed by atoms with Crippen LogP contribution in [0.3, 0.4) is 0 Å². The van der Waals surface area contributed by atoms with Gasteiger partial charge in [-0.15, -0.1) is 21.5 Å². The Kier molecular flexibility index (Phi) is 4.00. The van der Waals surface area contributed by atoms with Crippen molar-refractivity contribution in [2.45, 2.75) is 39.2 Å². The molecular formula is C13H19N5S2. The van der Waals surface area contributed by atoms with Crippen LogP contribution in [-0.4, -0.2) is 33.2 Å². The van der Waals surface area contributed by atoms with Crippen molar-refractivity contribution in [1.82, 2.24) is 20.1 Å². The largest absolute Gasteiger partial charge is 0.374 e. The number of rotatable bonds is 4. The van der Waals surface area contributed by atoms with Crippen molar-refractivity contribution in [3.05, 3.63) is 10.7 Å². The van der Waals surface area contributed by atoms with Crippen LogP contribution in [0.4, 0.5) is 5.13 Å². The molecule has 0 atom stereocenters. The van der Waals surface area contributed by atoms with Gasteiger partial charge in [-0.1, -0.05) is 25.2 Å². The number of nitrogens with zero attached hydrogens (tertiary/aromatic N) is 4. The molecule has 2 N–H and O–H groups in total. The average molecular weight is 309 g/mol. The van der Waals surface area contributed by atoms with Gasteiger partial charge in [0, 0.05) is 0 Å². The molecule has 1 aliphatic heterocycles. The highest BCUT2D eigenvalue weighted by atomic mass is 32.1. The van der Waals surface area contributed by atoms with Crippen molar-refractivity contribution in [2.24, 2.45) is 0 Å². The van der Waals surface area contributed by atoms with E-state index in [9.17, 15) is 0 Å². The molecule has 2 aromatic rings. The molecule has 7 heteroatoms. The maximum absolute atomic E-state index is 5.70. The number of likely N-dealkylation sites (tertiary alicyclic amines) is 1. The van der Waals surface area contributed by atoms with E-state index in [-0.39, 0.29) is 0 Å². The average Bonchev–Trinajstić information content (AvgIpc) is 3.09. The Morgan fingerprint density at radius 2 is 1.95 bits per heavy atom. The molecular weight excluding hydrogens is 290 g/mol. The van der Waals surface area contributed by atoms with E-state index in [1.165, 1.54) is 42.3 Å². The van der Waals surface area contributed by atoms with Crippen LogP contribution >= 0.6 is 22.7 Å². The van der Waals surface area contributed by atoms with Crippen LogP contribution in [-0.2, 0) is 6.54 Å². The van der Waals surface area contributed by atoms with Gasteiger partial charge in [0.05, 0.1) is 17.1 Å². The molecule has 0 radical (unpaired) electrons. The Hall–Kier alpha value is -1.05. The van der Waals surface area contributed by atoms with Crippen molar-refractivity contribution < 1.29 is 0 Å². The van der Waals surface area contributed by atoms with Crippen LogP contribution in [0.25, 0.3) is 9.88 Å². The predicted molar refractivity (Wildman–Crippen MR) is 84.0 cm³/mol. The Morgan fingerprint density at radius 3 is 2.55 bits per heavy atom. The fourth-order valence-corrected chi connectivity index (χ4v) is 4.40. The zero-order valence-electron chi connectivity index (χ0n) is 11.8.